The molecule has 3 heterocycles. The summed E-state index contributed by atoms with van der Waals surface area (Å²) >= 11 is 0. The third-order valence-corrected chi connectivity index (χ3v) is 6.17. The van der Waals surface area contributed by atoms with E-state index >= 15 is 0 Å². The van der Waals surface area contributed by atoms with Crippen LogP contribution in [0.4, 0.5) is 0 Å². The van der Waals surface area contributed by atoms with Crippen molar-refractivity contribution in [1.82, 2.24) is 9.55 Å². The zero-order valence-electron chi connectivity index (χ0n) is 16.7. The monoisotopic (exact) mass is 398 g/mol. The van der Waals surface area contributed by atoms with E-state index in [1.54, 1.807) is 0 Å². The number of H-pyrrole nitrogens is 1. The summed E-state index contributed by atoms with van der Waals surface area (Å²) in [6, 6.07) is 35.9. The molecule has 3 aromatic heterocycles. The van der Waals surface area contributed by atoms with E-state index in [9.17, 15) is 0 Å². The summed E-state index contributed by atoms with van der Waals surface area (Å²) in [6.45, 7) is 0. The van der Waals surface area contributed by atoms with Gasteiger partial charge in [0.15, 0.2) is 0 Å². The Morgan fingerprint density at radius 1 is 0.548 bits per heavy atom. The van der Waals surface area contributed by atoms with Crippen LogP contribution in [0.1, 0.15) is 0 Å². The van der Waals surface area contributed by atoms with Gasteiger partial charge in [-0.05, 0) is 30.3 Å². The Kier molecular flexibility index (Phi) is 3.27. The topological polar surface area (TPSA) is 33.9 Å². The van der Waals surface area contributed by atoms with E-state index in [4.69, 9.17) is 4.42 Å². The molecule has 0 fully saturated rings. The van der Waals surface area contributed by atoms with Crippen LogP contribution in [-0.4, -0.2) is 9.55 Å². The number of nitrogens with one attached hydrogen (secondary N) is 1. The number of furan rings is 1. The van der Waals surface area contributed by atoms with Crippen molar-refractivity contribution in [2.75, 3.05) is 0 Å². The average molecular weight is 398 g/mol. The molecule has 31 heavy (non-hydrogen) atoms. The van der Waals surface area contributed by atoms with Gasteiger partial charge in [-0.25, -0.2) is 0 Å². The molecule has 3 nitrogen and oxygen atoms in total. The van der Waals surface area contributed by atoms with Crippen LogP contribution >= 0.6 is 0 Å². The summed E-state index contributed by atoms with van der Waals surface area (Å²) in [5, 5.41) is 4.89. The predicted molar refractivity (Wildman–Crippen MR) is 128 cm³/mol. The molecule has 146 valence electrons. The third-order valence-electron chi connectivity index (χ3n) is 6.17. The zero-order chi connectivity index (χ0) is 20.4. The first-order valence-electron chi connectivity index (χ1n) is 10.5. The Bertz CT molecular complexity index is 1730. The highest BCUT2D eigenvalue weighted by molar-refractivity contribution is 6.17. The molecule has 0 saturated heterocycles. The van der Waals surface area contributed by atoms with Crippen molar-refractivity contribution in [3.8, 4) is 17.2 Å². The molecule has 1 N–H and O–H groups in total. The summed E-state index contributed by atoms with van der Waals surface area (Å²) in [4.78, 5) is 3.58. The minimum Gasteiger partial charge on any atom is -0.440 e. The molecule has 0 atom stereocenters. The summed E-state index contributed by atoms with van der Waals surface area (Å²) in [6.07, 6.45) is 0. The summed E-state index contributed by atoms with van der Waals surface area (Å²) < 4.78 is 8.60. The van der Waals surface area contributed by atoms with Gasteiger partial charge in [0.25, 0.3) is 0 Å². The van der Waals surface area contributed by atoms with Crippen LogP contribution in [0, 0.1) is 0 Å². The second-order valence-electron chi connectivity index (χ2n) is 7.94. The molecule has 3 heteroatoms. The molecular weight excluding hydrogens is 380 g/mol. The highest BCUT2D eigenvalue weighted by atomic mass is 16.4. The van der Waals surface area contributed by atoms with E-state index in [0.717, 1.165) is 39.3 Å². The first-order chi connectivity index (χ1) is 15.4. The lowest BCUT2D eigenvalue weighted by Crippen LogP contribution is -1.91. The van der Waals surface area contributed by atoms with E-state index in [1.165, 1.54) is 21.5 Å². The maximum Gasteiger partial charge on any atom is 0.205 e. The maximum atomic E-state index is 6.37. The second-order valence-corrected chi connectivity index (χ2v) is 7.94. The molecular formula is C28H18N2O. The normalized spacial score (nSPS) is 11.9. The van der Waals surface area contributed by atoms with Gasteiger partial charge in [0, 0.05) is 44.2 Å². The number of nitrogens with zero attached hydrogens (tertiary/aromatic N) is 1. The molecule has 4 aromatic carbocycles. The number of aromatic nitrogens is 2. The Balaban J connectivity index is 1.57. The predicted octanol–water partition coefficient (Wildman–Crippen LogP) is 7.68. The minimum atomic E-state index is 0.823. The summed E-state index contributed by atoms with van der Waals surface area (Å²) in [5.74, 6) is 1.69. The van der Waals surface area contributed by atoms with E-state index in [0.29, 0.717) is 0 Å². The van der Waals surface area contributed by atoms with Crippen molar-refractivity contribution >= 4 is 43.6 Å². The molecule has 0 unspecified atom stereocenters. The molecule has 0 radical (unpaired) electrons. The number of hydrogen-bond donors (Lipinski definition) is 1. The van der Waals surface area contributed by atoms with Crippen LogP contribution in [0.25, 0.3) is 60.8 Å². The number of benzene rings is 4. The zero-order valence-corrected chi connectivity index (χ0v) is 16.7. The van der Waals surface area contributed by atoms with E-state index in [2.05, 4.69) is 94.5 Å². The van der Waals surface area contributed by atoms with Crippen molar-refractivity contribution in [2.24, 2.45) is 0 Å². The number of para-hydroxylation sites is 2. The Morgan fingerprint density at radius 2 is 1.32 bits per heavy atom. The molecule has 0 aliphatic carbocycles. The molecule has 0 spiro atoms. The van der Waals surface area contributed by atoms with Gasteiger partial charge >= 0.3 is 0 Å². The lowest BCUT2D eigenvalue weighted by molar-refractivity contribution is 0.560. The lowest BCUT2D eigenvalue weighted by Gasteiger charge is -2.04. The summed E-state index contributed by atoms with van der Waals surface area (Å²) in [7, 11) is 0. The molecule has 0 bridgehead atoms. The van der Waals surface area contributed by atoms with Gasteiger partial charge in [-0.15, -0.1) is 0 Å². The van der Waals surface area contributed by atoms with Gasteiger partial charge in [0.2, 0.25) is 5.88 Å². The minimum absolute atomic E-state index is 0.823. The van der Waals surface area contributed by atoms with Crippen LogP contribution in [0.5, 0.6) is 0 Å². The molecule has 0 saturated carbocycles. The van der Waals surface area contributed by atoms with Crippen molar-refractivity contribution in [2.45, 2.75) is 0 Å². The van der Waals surface area contributed by atoms with Crippen LogP contribution in [0.3, 0.4) is 0 Å². The summed E-state index contributed by atoms with van der Waals surface area (Å²) in [5.41, 5.74) is 5.68. The average Bonchev–Trinajstić information content (AvgIpc) is 3.52. The largest absolute Gasteiger partial charge is 0.440 e. The SMILES string of the molecule is c1ccc(-c2ccc(-n3c4ccccc4c4cc5[nH]c6ccccc6c5cc43)o2)cc1. The molecule has 7 rings (SSSR count). The van der Waals surface area contributed by atoms with Crippen molar-refractivity contribution in [3.63, 3.8) is 0 Å². The molecule has 0 aliphatic rings. The van der Waals surface area contributed by atoms with Gasteiger partial charge < -0.3 is 9.40 Å². The van der Waals surface area contributed by atoms with Crippen LogP contribution in [0.15, 0.2) is 108 Å². The van der Waals surface area contributed by atoms with E-state index in [-0.39, 0.29) is 0 Å². The van der Waals surface area contributed by atoms with Gasteiger partial charge in [-0.1, -0.05) is 66.7 Å². The van der Waals surface area contributed by atoms with Gasteiger partial charge in [0.05, 0.1) is 11.0 Å². The molecule has 0 amide bonds. The number of aromatic amines is 1. The smallest absolute Gasteiger partial charge is 0.205 e. The maximum absolute atomic E-state index is 6.37. The van der Waals surface area contributed by atoms with Crippen LogP contribution in [0.2, 0.25) is 0 Å². The van der Waals surface area contributed by atoms with E-state index < -0.39 is 0 Å². The van der Waals surface area contributed by atoms with Crippen molar-refractivity contribution in [3.05, 3.63) is 103 Å². The first kappa shape index (κ1) is 16.5. The lowest BCUT2D eigenvalue weighted by atomic mass is 10.1. The van der Waals surface area contributed by atoms with E-state index in [1.807, 2.05) is 18.2 Å². The van der Waals surface area contributed by atoms with Crippen LogP contribution in [-0.2, 0) is 0 Å². The van der Waals surface area contributed by atoms with Crippen LogP contribution < -0.4 is 0 Å². The fraction of sp³-hybridized carbons (Fsp3) is 0. The van der Waals surface area contributed by atoms with Crippen molar-refractivity contribution in [1.29, 1.82) is 0 Å². The Morgan fingerprint density at radius 3 is 2.23 bits per heavy atom. The third kappa shape index (κ3) is 2.34. The highest BCUT2D eigenvalue weighted by Gasteiger charge is 2.17. The van der Waals surface area contributed by atoms with Gasteiger partial charge in [-0.2, -0.15) is 0 Å². The number of rotatable bonds is 2. The molecule has 7 aromatic rings. The standard InChI is InChI=1S/C28H18N2O/c1-2-8-18(9-3-1)27-14-15-28(31-27)30-25-13-7-5-11-20(25)22-16-24-21(17-26(22)30)19-10-4-6-12-23(19)29-24/h1-17,29H. The fourth-order valence-electron chi connectivity index (χ4n) is 4.76. The fourth-order valence-corrected chi connectivity index (χ4v) is 4.76. The van der Waals surface area contributed by atoms with Gasteiger partial charge in [0.1, 0.15) is 5.76 Å². The second kappa shape index (κ2) is 6.13. The number of hydrogen-bond acceptors (Lipinski definition) is 1. The Labute approximate surface area is 178 Å². The van der Waals surface area contributed by atoms with Crippen molar-refractivity contribution < 1.29 is 4.42 Å². The quantitative estimate of drug-likeness (QED) is 0.318. The van der Waals surface area contributed by atoms with Gasteiger partial charge in [-0.3, -0.25) is 4.57 Å². The molecule has 0 aliphatic heterocycles. The number of fused-ring (bicyclic) bond motifs is 6. The first-order valence-corrected chi connectivity index (χ1v) is 10.5. The highest BCUT2D eigenvalue weighted by Crippen LogP contribution is 2.37. The Hall–Kier alpha value is -4.24.